The molecule has 0 atom stereocenters. The summed E-state index contributed by atoms with van der Waals surface area (Å²) in [5.74, 6) is 0. The molecule has 2 aromatic rings. The van der Waals surface area contributed by atoms with E-state index >= 15 is 0 Å². The standard InChI is InChI=1S/C12H15BrN4/c13-11-1-2-15-12-10(11)7-9(16-12)8-17-5-3-14-4-6-17/h1-2,7,14H,3-6,8H2,(H,15,16). The van der Waals surface area contributed by atoms with Gasteiger partial charge in [0.15, 0.2) is 0 Å². The van der Waals surface area contributed by atoms with Crippen LogP contribution in [0, 0.1) is 0 Å². The summed E-state index contributed by atoms with van der Waals surface area (Å²) in [6.45, 7) is 5.38. The van der Waals surface area contributed by atoms with Gasteiger partial charge in [-0.05, 0) is 28.1 Å². The minimum atomic E-state index is 0.963. The molecule has 0 saturated carbocycles. The number of nitrogens with one attached hydrogen (secondary N) is 2. The van der Waals surface area contributed by atoms with Crippen molar-refractivity contribution in [2.45, 2.75) is 6.54 Å². The minimum absolute atomic E-state index is 0.963. The van der Waals surface area contributed by atoms with Crippen LogP contribution >= 0.6 is 15.9 Å². The third-order valence-corrected chi connectivity index (χ3v) is 3.83. The first kappa shape index (κ1) is 11.2. The topological polar surface area (TPSA) is 44.0 Å². The van der Waals surface area contributed by atoms with E-state index in [-0.39, 0.29) is 0 Å². The van der Waals surface area contributed by atoms with Gasteiger partial charge in [0.1, 0.15) is 5.65 Å². The van der Waals surface area contributed by atoms with Gasteiger partial charge in [0.05, 0.1) is 0 Å². The summed E-state index contributed by atoms with van der Waals surface area (Å²) in [6.07, 6.45) is 1.82. The number of halogens is 1. The van der Waals surface area contributed by atoms with E-state index < -0.39 is 0 Å². The number of aromatic amines is 1. The third-order valence-electron chi connectivity index (χ3n) is 3.14. The van der Waals surface area contributed by atoms with Gasteiger partial charge >= 0.3 is 0 Å². The zero-order valence-electron chi connectivity index (χ0n) is 9.54. The molecule has 0 aromatic carbocycles. The molecule has 4 nitrogen and oxygen atoms in total. The molecule has 0 radical (unpaired) electrons. The van der Waals surface area contributed by atoms with Gasteiger partial charge in [0.25, 0.3) is 0 Å². The Hall–Kier alpha value is -0.910. The number of aromatic nitrogens is 2. The van der Waals surface area contributed by atoms with Gasteiger partial charge in [-0.1, -0.05) is 0 Å². The molecule has 0 amide bonds. The fourth-order valence-corrected chi connectivity index (χ4v) is 2.66. The Morgan fingerprint density at radius 3 is 2.94 bits per heavy atom. The molecule has 2 N–H and O–H groups in total. The van der Waals surface area contributed by atoms with Crippen molar-refractivity contribution in [2.24, 2.45) is 0 Å². The molecule has 2 aromatic heterocycles. The molecule has 1 saturated heterocycles. The predicted molar refractivity (Wildman–Crippen MR) is 71.9 cm³/mol. The number of pyridine rings is 1. The molecule has 1 fully saturated rings. The van der Waals surface area contributed by atoms with E-state index in [0.717, 1.165) is 48.2 Å². The lowest BCUT2D eigenvalue weighted by molar-refractivity contribution is 0.231. The number of rotatable bonds is 2. The second-order valence-electron chi connectivity index (χ2n) is 4.38. The highest BCUT2D eigenvalue weighted by atomic mass is 79.9. The van der Waals surface area contributed by atoms with Crippen molar-refractivity contribution in [2.75, 3.05) is 26.2 Å². The van der Waals surface area contributed by atoms with Crippen molar-refractivity contribution >= 4 is 27.0 Å². The minimum Gasteiger partial charge on any atom is -0.342 e. The van der Waals surface area contributed by atoms with Gasteiger partial charge in [-0.15, -0.1) is 0 Å². The number of nitrogens with zero attached hydrogens (tertiary/aromatic N) is 2. The van der Waals surface area contributed by atoms with Crippen LogP contribution in [0.15, 0.2) is 22.8 Å². The summed E-state index contributed by atoms with van der Waals surface area (Å²) in [4.78, 5) is 10.2. The predicted octanol–water partition coefficient (Wildman–Crippen LogP) is 1.73. The van der Waals surface area contributed by atoms with Crippen molar-refractivity contribution in [1.82, 2.24) is 20.2 Å². The van der Waals surface area contributed by atoms with E-state index in [1.807, 2.05) is 12.3 Å². The van der Waals surface area contributed by atoms with Gasteiger partial charge in [-0.25, -0.2) is 4.98 Å². The highest BCUT2D eigenvalue weighted by molar-refractivity contribution is 9.10. The molecule has 0 unspecified atom stereocenters. The Kier molecular flexibility index (Phi) is 3.13. The summed E-state index contributed by atoms with van der Waals surface area (Å²) in [6, 6.07) is 4.17. The highest BCUT2D eigenvalue weighted by Gasteiger charge is 2.12. The molecular weight excluding hydrogens is 280 g/mol. The monoisotopic (exact) mass is 294 g/mol. The SMILES string of the molecule is Brc1ccnc2[nH]c(CN3CCNCC3)cc12. The highest BCUT2D eigenvalue weighted by Crippen LogP contribution is 2.23. The lowest BCUT2D eigenvalue weighted by Crippen LogP contribution is -2.42. The molecule has 0 bridgehead atoms. The number of fused-ring (bicyclic) bond motifs is 1. The van der Waals surface area contributed by atoms with Gasteiger partial charge < -0.3 is 10.3 Å². The summed E-state index contributed by atoms with van der Waals surface area (Å²) in [5.41, 5.74) is 2.20. The molecule has 17 heavy (non-hydrogen) atoms. The molecular formula is C12H15BrN4. The maximum Gasteiger partial charge on any atom is 0.138 e. The Balaban J connectivity index is 1.83. The molecule has 0 spiro atoms. The summed E-state index contributed by atoms with van der Waals surface area (Å²) in [7, 11) is 0. The molecule has 3 heterocycles. The largest absolute Gasteiger partial charge is 0.342 e. The van der Waals surface area contributed by atoms with Crippen LogP contribution in [0.5, 0.6) is 0 Å². The number of hydrogen-bond donors (Lipinski definition) is 2. The van der Waals surface area contributed by atoms with Gasteiger partial charge in [0.2, 0.25) is 0 Å². The van der Waals surface area contributed by atoms with Crippen molar-refractivity contribution in [1.29, 1.82) is 0 Å². The van der Waals surface area contributed by atoms with Crippen molar-refractivity contribution in [3.05, 3.63) is 28.5 Å². The zero-order chi connectivity index (χ0) is 11.7. The first-order valence-electron chi connectivity index (χ1n) is 5.88. The van der Waals surface area contributed by atoms with E-state index in [2.05, 4.69) is 42.2 Å². The fraction of sp³-hybridized carbons (Fsp3) is 0.417. The maximum absolute atomic E-state index is 4.34. The van der Waals surface area contributed by atoms with Crippen LogP contribution in [0.4, 0.5) is 0 Å². The maximum atomic E-state index is 4.34. The van der Waals surface area contributed by atoms with Crippen molar-refractivity contribution in [3.63, 3.8) is 0 Å². The zero-order valence-corrected chi connectivity index (χ0v) is 11.1. The van der Waals surface area contributed by atoms with Crippen LogP contribution in [0.2, 0.25) is 0 Å². The summed E-state index contributed by atoms with van der Waals surface area (Å²) >= 11 is 3.55. The normalized spacial score (nSPS) is 17.7. The second kappa shape index (κ2) is 4.76. The van der Waals surface area contributed by atoms with E-state index in [1.165, 1.54) is 5.69 Å². The molecule has 1 aliphatic rings. The quantitative estimate of drug-likeness (QED) is 0.887. The van der Waals surface area contributed by atoms with Crippen LogP contribution in [0.1, 0.15) is 5.69 Å². The number of hydrogen-bond acceptors (Lipinski definition) is 3. The van der Waals surface area contributed by atoms with E-state index in [1.54, 1.807) is 0 Å². The fourth-order valence-electron chi connectivity index (χ4n) is 2.24. The smallest absolute Gasteiger partial charge is 0.138 e. The number of piperazine rings is 1. The van der Waals surface area contributed by atoms with E-state index in [9.17, 15) is 0 Å². The van der Waals surface area contributed by atoms with Crippen molar-refractivity contribution < 1.29 is 0 Å². The average Bonchev–Trinajstić information content (AvgIpc) is 2.74. The molecule has 3 rings (SSSR count). The molecule has 90 valence electrons. The Morgan fingerprint density at radius 1 is 1.35 bits per heavy atom. The van der Waals surface area contributed by atoms with E-state index in [0.29, 0.717) is 0 Å². The van der Waals surface area contributed by atoms with Gasteiger partial charge in [-0.3, -0.25) is 4.90 Å². The van der Waals surface area contributed by atoms with Crippen LogP contribution in [0.25, 0.3) is 11.0 Å². The molecule has 1 aliphatic heterocycles. The average molecular weight is 295 g/mol. The number of H-pyrrole nitrogens is 1. The van der Waals surface area contributed by atoms with Crippen LogP contribution in [0.3, 0.4) is 0 Å². The Bertz CT molecular complexity index is 516. The first-order valence-corrected chi connectivity index (χ1v) is 6.67. The van der Waals surface area contributed by atoms with Gasteiger partial charge in [-0.2, -0.15) is 0 Å². The summed E-state index contributed by atoms with van der Waals surface area (Å²) < 4.78 is 1.10. The first-order chi connectivity index (χ1) is 8.33. The lowest BCUT2D eigenvalue weighted by atomic mass is 10.3. The third kappa shape index (κ3) is 2.36. The van der Waals surface area contributed by atoms with Crippen LogP contribution in [-0.2, 0) is 6.54 Å². The van der Waals surface area contributed by atoms with Crippen molar-refractivity contribution in [3.8, 4) is 0 Å². The molecule has 0 aliphatic carbocycles. The molecule has 5 heteroatoms. The van der Waals surface area contributed by atoms with Crippen LogP contribution < -0.4 is 5.32 Å². The summed E-state index contributed by atoms with van der Waals surface area (Å²) in [5, 5.41) is 4.53. The van der Waals surface area contributed by atoms with E-state index in [4.69, 9.17) is 0 Å². The van der Waals surface area contributed by atoms with Crippen LogP contribution in [-0.4, -0.2) is 41.0 Å². The lowest BCUT2D eigenvalue weighted by Gasteiger charge is -2.26. The second-order valence-corrected chi connectivity index (χ2v) is 5.23. The Labute approximate surface area is 109 Å². The Morgan fingerprint density at radius 2 is 2.18 bits per heavy atom. The van der Waals surface area contributed by atoms with Gasteiger partial charge in [0, 0.05) is 54.5 Å².